The van der Waals surface area contributed by atoms with Crippen LogP contribution in [0.15, 0.2) is 53.5 Å². The number of nitrogens with zero attached hydrogens (tertiary/aromatic N) is 1. The minimum Gasteiger partial charge on any atom is -0.207 e. The second kappa shape index (κ2) is 7.05. The van der Waals surface area contributed by atoms with Gasteiger partial charge in [-0.15, -0.1) is 0 Å². The maximum Gasteiger partial charge on any atom is 0.243 e. The zero-order chi connectivity index (χ0) is 15.3. The lowest BCUT2D eigenvalue weighted by molar-refractivity contribution is 0.291. The number of sulfonamides is 1. The van der Waals surface area contributed by atoms with Gasteiger partial charge in [0.2, 0.25) is 10.0 Å². The van der Waals surface area contributed by atoms with Gasteiger partial charge in [-0.25, -0.2) is 8.42 Å². The third-order valence-electron chi connectivity index (χ3n) is 3.76. The molecule has 1 aromatic carbocycles. The van der Waals surface area contributed by atoms with E-state index in [9.17, 15) is 8.42 Å². The van der Waals surface area contributed by atoms with Crippen LogP contribution in [0.25, 0.3) is 0 Å². The quantitative estimate of drug-likeness (QED) is 0.796. The van der Waals surface area contributed by atoms with E-state index in [1.54, 1.807) is 16.4 Å². The molecule has 2 rings (SSSR count). The number of piperidine rings is 1. The van der Waals surface area contributed by atoms with E-state index in [1.807, 2.05) is 50.3 Å². The lowest BCUT2D eigenvalue weighted by Gasteiger charge is -2.32. The van der Waals surface area contributed by atoms with Crippen LogP contribution >= 0.6 is 0 Å². The molecule has 1 heterocycles. The monoisotopic (exact) mass is 305 g/mol. The van der Waals surface area contributed by atoms with Crippen molar-refractivity contribution in [2.75, 3.05) is 6.54 Å². The first kappa shape index (κ1) is 16.0. The van der Waals surface area contributed by atoms with Crippen LogP contribution in [0.5, 0.6) is 0 Å². The van der Waals surface area contributed by atoms with Gasteiger partial charge in [0.15, 0.2) is 0 Å². The number of aryl methyl sites for hydroxylation is 1. The van der Waals surface area contributed by atoms with E-state index in [-0.39, 0.29) is 6.04 Å². The van der Waals surface area contributed by atoms with Gasteiger partial charge in [0.1, 0.15) is 0 Å². The van der Waals surface area contributed by atoms with Crippen molar-refractivity contribution >= 4 is 10.0 Å². The summed E-state index contributed by atoms with van der Waals surface area (Å²) in [4.78, 5) is 0.388. The molecule has 114 valence electrons. The van der Waals surface area contributed by atoms with Crippen molar-refractivity contribution in [1.82, 2.24) is 4.31 Å². The highest BCUT2D eigenvalue weighted by Gasteiger charge is 2.31. The average molecular weight is 305 g/mol. The normalized spacial score (nSPS) is 21.3. The fourth-order valence-electron chi connectivity index (χ4n) is 2.57. The van der Waals surface area contributed by atoms with Gasteiger partial charge in [-0.05, 0) is 38.8 Å². The third-order valence-corrected chi connectivity index (χ3v) is 5.70. The summed E-state index contributed by atoms with van der Waals surface area (Å²) in [6, 6.07) is 7.06. The molecular formula is C17H23NO2S. The topological polar surface area (TPSA) is 37.4 Å². The Kier molecular flexibility index (Phi) is 5.37. The highest BCUT2D eigenvalue weighted by atomic mass is 32.2. The van der Waals surface area contributed by atoms with Gasteiger partial charge < -0.3 is 0 Å². The van der Waals surface area contributed by atoms with E-state index in [1.165, 1.54) is 0 Å². The van der Waals surface area contributed by atoms with Crippen molar-refractivity contribution in [3.63, 3.8) is 0 Å². The zero-order valence-corrected chi connectivity index (χ0v) is 13.5. The Balaban J connectivity index is 2.29. The predicted molar refractivity (Wildman–Crippen MR) is 86.7 cm³/mol. The minimum absolute atomic E-state index is 0.0405. The average Bonchev–Trinajstić information content (AvgIpc) is 2.48. The van der Waals surface area contributed by atoms with Gasteiger partial charge in [-0.3, -0.25) is 0 Å². The number of benzene rings is 1. The van der Waals surface area contributed by atoms with Gasteiger partial charge in [-0.1, -0.05) is 48.4 Å². The molecule has 1 aromatic rings. The Bertz CT molecular complexity index is 615. The Hall–Kier alpha value is -1.39. The minimum atomic E-state index is -3.41. The molecule has 3 nitrogen and oxygen atoms in total. The standard InChI is InChI=1S/C17H23NO2S/c1-3-4-5-8-16-9-6-7-14-18(16)21(19,20)17-12-10-15(2)11-13-17/h3-5,8,10-13,16H,6-7,9,14H2,1-2H3/b4-3+,8-5+. The summed E-state index contributed by atoms with van der Waals surface area (Å²) in [5.41, 5.74) is 1.07. The molecule has 0 bridgehead atoms. The zero-order valence-electron chi connectivity index (χ0n) is 12.7. The van der Waals surface area contributed by atoms with Gasteiger partial charge in [0, 0.05) is 12.6 Å². The molecule has 0 saturated carbocycles. The van der Waals surface area contributed by atoms with Crippen molar-refractivity contribution in [2.45, 2.75) is 44.0 Å². The molecule has 1 aliphatic rings. The maximum atomic E-state index is 12.8. The molecule has 0 amide bonds. The van der Waals surface area contributed by atoms with Crippen LogP contribution in [0.2, 0.25) is 0 Å². The molecular weight excluding hydrogens is 282 g/mol. The van der Waals surface area contributed by atoms with Crippen LogP contribution in [0.1, 0.15) is 31.7 Å². The summed E-state index contributed by atoms with van der Waals surface area (Å²) in [5, 5.41) is 0. The molecule has 1 saturated heterocycles. The first-order valence-corrected chi connectivity index (χ1v) is 8.87. The molecule has 4 heteroatoms. The molecule has 21 heavy (non-hydrogen) atoms. The van der Waals surface area contributed by atoms with Gasteiger partial charge in [0.05, 0.1) is 4.90 Å². The summed E-state index contributed by atoms with van der Waals surface area (Å²) < 4.78 is 27.3. The first-order valence-electron chi connectivity index (χ1n) is 7.43. The number of allylic oxidation sites excluding steroid dienone is 3. The molecule has 0 spiro atoms. The van der Waals surface area contributed by atoms with E-state index in [2.05, 4.69) is 0 Å². The Morgan fingerprint density at radius 1 is 1.14 bits per heavy atom. The lowest BCUT2D eigenvalue weighted by Crippen LogP contribution is -2.42. The van der Waals surface area contributed by atoms with Crippen molar-refractivity contribution in [1.29, 1.82) is 0 Å². The van der Waals surface area contributed by atoms with Gasteiger partial charge in [-0.2, -0.15) is 4.31 Å². The largest absolute Gasteiger partial charge is 0.243 e. The molecule has 1 atom stereocenters. The van der Waals surface area contributed by atoms with Crippen LogP contribution in [-0.2, 0) is 10.0 Å². The third kappa shape index (κ3) is 3.83. The van der Waals surface area contributed by atoms with E-state index in [0.29, 0.717) is 11.4 Å². The maximum absolute atomic E-state index is 12.8. The fourth-order valence-corrected chi connectivity index (χ4v) is 4.22. The molecule has 0 aromatic heterocycles. The molecule has 0 N–H and O–H groups in total. The van der Waals surface area contributed by atoms with Crippen molar-refractivity contribution < 1.29 is 8.42 Å². The number of hydrogen-bond acceptors (Lipinski definition) is 2. The summed E-state index contributed by atoms with van der Waals surface area (Å²) in [7, 11) is -3.41. The SMILES string of the molecule is C/C=C/C=C/C1CCCCN1S(=O)(=O)c1ccc(C)cc1. The molecule has 1 fully saturated rings. The summed E-state index contributed by atoms with van der Waals surface area (Å²) >= 11 is 0. The molecule has 1 unspecified atom stereocenters. The fraction of sp³-hybridized carbons (Fsp3) is 0.412. The van der Waals surface area contributed by atoms with Gasteiger partial charge >= 0.3 is 0 Å². The van der Waals surface area contributed by atoms with E-state index in [0.717, 1.165) is 24.8 Å². The predicted octanol–water partition coefficient (Wildman–Crippen LogP) is 3.67. The summed E-state index contributed by atoms with van der Waals surface area (Å²) in [6.07, 6.45) is 10.7. The van der Waals surface area contributed by atoms with E-state index < -0.39 is 10.0 Å². The molecule has 1 aliphatic heterocycles. The van der Waals surface area contributed by atoms with Crippen LogP contribution in [0, 0.1) is 6.92 Å². The second-order valence-corrected chi connectivity index (χ2v) is 7.29. The van der Waals surface area contributed by atoms with E-state index >= 15 is 0 Å². The van der Waals surface area contributed by atoms with Crippen molar-refractivity contribution in [2.24, 2.45) is 0 Å². The van der Waals surface area contributed by atoms with Gasteiger partial charge in [0.25, 0.3) is 0 Å². The second-order valence-electron chi connectivity index (χ2n) is 5.40. The van der Waals surface area contributed by atoms with Crippen LogP contribution < -0.4 is 0 Å². The first-order chi connectivity index (χ1) is 10.1. The van der Waals surface area contributed by atoms with E-state index in [4.69, 9.17) is 0 Å². The Labute approximate surface area is 128 Å². The summed E-state index contributed by atoms with van der Waals surface area (Å²) in [6.45, 7) is 4.51. The highest BCUT2D eigenvalue weighted by molar-refractivity contribution is 7.89. The van der Waals surface area contributed by atoms with Crippen molar-refractivity contribution in [3.05, 3.63) is 54.1 Å². The van der Waals surface area contributed by atoms with Crippen LogP contribution in [0.4, 0.5) is 0 Å². The molecule has 0 radical (unpaired) electrons. The molecule has 0 aliphatic carbocycles. The smallest absolute Gasteiger partial charge is 0.207 e. The Morgan fingerprint density at radius 2 is 1.86 bits per heavy atom. The lowest BCUT2D eigenvalue weighted by atomic mass is 10.0. The van der Waals surface area contributed by atoms with Crippen LogP contribution in [-0.4, -0.2) is 25.3 Å². The Morgan fingerprint density at radius 3 is 2.52 bits per heavy atom. The number of rotatable bonds is 4. The number of hydrogen-bond donors (Lipinski definition) is 0. The van der Waals surface area contributed by atoms with Crippen molar-refractivity contribution in [3.8, 4) is 0 Å². The van der Waals surface area contributed by atoms with Crippen LogP contribution in [0.3, 0.4) is 0 Å². The summed E-state index contributed by atoms with van der Waals surface area (Å²) in [5.74, 6) is 0. The highest BCUT2D eigenvalue weighted by Crippen LogP contribution is 2.26.